The maximum Gasteiger partial charge on any atom is 0.220 e. The van der Waals surface area contributed by atoms with Crippen molar-refractivity contribution in [1.29, 1.82) is 0 Å². The lowest BCUT2D eigenvalue weighted by Crippen LogP contribution is -1.96. The Bertz CT molecular complexity index is 1080. The molecule has 3 heteroatoms. The summed E-state index contributed by atoms with van der Waals surface area (Å²) in [4.78, 5) is 4.97. The molecular weight excluding hydrogens is 282 g/mol. The Hall–Kier alpha value is -2.81. The topological polar surface area (TPSA) is 22.2 Å². The first-order chi connectivity index (χ1) is 11.3. The molecule has 3 nitrogen and oxygen atoms in total. The predicted octanol–water partition coefficient (Wildman–Crippen LogP) is 4.55. The van der Waals surface area contributed by atoms with Gasteiger partial charge in [0.25, 0.3) is 0 Å². The van der Waals surface area contributed by atoms with Gasteiger partial charge >= 0.3 is 0 Å². The molecular formula is C20H17N3. The lowest BCUT2D eigenvalue weighted by molar-refractivity contribution is 0.940. The number of hydrogen-bond acceptors (Lipinski definition) is 1. The van der Waals surface area contributed by atoms with Crippen molar-refractivity contribution in [3.8, 4) is 5.69 Å². The second-order valence-electron chi connectivity index (χ2n) is 6.18. The number of hydrogen-bond donors (Lipinski definition) is 0. The minimum atomic E-state index is 1.01. The summed E-state index contributed by atoms with van der Waals surface area (Å²) in [6.45, 7) is 2.13. The van der Waals surface area contributed by atoms with Crippen molar-refractivity contribution in [2.45, 2.75) is 19.8 Å². The largest absolute Gasteiger partial charge is 0.278 e. The number of aromatic nitrogens is 3. The summed E-state index contributed by atoms with van der Waals surface area (Å²) in [6, 6.07) is 17.2. The fraction of sp³-hybridized carbons (Fsp3) is 0.150. The Morgan fingerprint density at radius 1 is 1.00 bits per heavy atom. The van der Waals surface area contributed by atoms with Crippen LogP contribution in [-0.4, -0.2) is 14.0 Å². The first-order valence-corrected chi connectivity index (χ1v) is 8.07. The highest BCUT2D eigenvalue weighted by Crippen LogP contribution is 2.30. The standard InChI is InChI=1S/C20H17N3/c1-14-7-6-8-15(13-14)22-18-11-4-5-12-19(18)23-17-10-3-2-9-16(17)21-20(22)23/h3-8,10-13H,2,9H2,1H3. The molecule has 112 valence electrons. The summed E-state index contributed by atoms with van der Waals surface area (Å²) < 4.78 is 4.57. The zero-order valence-corrected chi connectivity index (χ0v) is 13.0. The van der Waals surface area contributed by atoms with E-state index in [2.05, 4.69) is 76.6 Å². The maximum absolute atomic E-state index is 4.97. The Labute approximate surface area is 134 Å². The van der Waals surface area contributed by atoms with Crippen molar-refractivity contribution in [2.24, 2.45) is 0 Å². The van der Waals surface area contributed by atoms with E-state index in [-0.39, 0.29) is 0 Å². The lowest BCUT2D eigenvalue weighted by atomic mass is 10.1. The third kappa shape index (κ3) is 1.73. The van der Waals surface area contributed by atoms with Crippen LogP contribution < -0.4 is 0 Å². The summed E-state index contributed by atoms with van der Waals surface area (Å²) in [7, 11) is 0. The summed E-state index contributed by atoms with van der Waals surface area (Å²) >= 11 is 0. The van der Waals surface area contributed by atoms with Gasteiger partial charge in [0.2, 0.25) is 5.78 Å². The highest BCUT2D eigenvalue weighted by molar-refractivity contribution is 5.85. The highest BCUT2D eigenvalue weighted by atomic mass is 15.2. The smallest absolute Gasteiger partial charge is 0.220 e. The molecule has 0 bridgehead atoms. The number of rotatable bonds is 1. The number of allylic oxidation sites excluding steroid dienone is 1. The van der Waals surface area contributed by atoms with E-state index in [4.69, 9.17) is 4.98 Å². The highest BCUT2D eigenvalue weighted by Gasteiger charge is 2.20. The average molecular weight is 299 g/mol. The van der Waals surface area contributed by atoms with Crippen LogP contribution in [0.2, 0.25) is 0 Å². The molecule has 0 saturated heterocycles. The quantitative estimate of drug-likeness (QED) is 0.505. The first kappa shape index (κ1) is 12.7. The predicted molar refractivity (Wildman–Crippen MR) is 94.1 cm³/mol. The van der Waals surface area contributed by atoms with E-state index in [9.17, 15) is 0 Å². The minimum absolute atomic E-state index is 1.01. The van der Waals surface area contributed by atoms with E-state index in [1.165, 1.54) is 33.7 Å². The molecule has 0 N–H and O–H groups in total. The second kappa shape index (κ2) is 4.59. The van der Waals surface area contributed by atoms with Gasteiger partial charge in [-0.15, -0.1) is 0 Å². The monoisotopic (exact) mass is 299 g/mol. The van der Waals surface area contributed by atoms with Crippen LogP contribution in [0.1, 0.15) is 23.4 Å². The molecule has 0 atom stereocenters. The first-order valence-electron chi connectivity index (χ1n) is 8.07. The molecule has 4 aromatic rings. The summed E-state index contributed by atoms with van der Waals surface area (Å²) in [5, 5.41) is 0. The zero-order valence-electron chi connectivity index (χ0n) is 13.0. The van der Waals surface area contributed by atoms with E-state index in [0.717, 1.165) is 18.6 Å². The van der Waals surface area contributed by atoms with E-state index in [1.807, 2.05) is 0 Å². The maximum atomic E-state index is 4.97. The molecule has 0 spiro atoms. The van der Waals surface area contributed by atoms with Crippen LogP contribution in [0.5, 0.6) is 0 Å². The zero-order chi connectivity index (χ0) is 15.4. The Balaban J connectivity index is 1.97. The number of benzene rings is 2. The van der Waals surface area contributed by atoms with E-state index >= 15 is 0 Å². The molecule has 0 radical (unpaired) electrons. The normalized spacial score (nSPS) is 13.8. The van der Waals surface area contributed by atoms with Crippen molar-refractivity contribution in [3.63, 3.8) is 0 Å². The van der Waals surface area contributed by atoms with Gasteiger partial charge in [0.1, 0.15) is 0 Å². The van der Waals surface area contributed by atoms with Crippen LogP contribution in [0.25, 0.3) is 28.6 Å². The number of fused-ring (bicyclic) bond motifs is 5. The number of para-hydroxylation sites is 2. The molecule has 23 heavy (non-hydrogen) atoms. The van der Waals surface area contributed by atoms with E-state index in [0.29, 0.717) is 0 Å². The fourth-order valence-electron chi connectivity index (χ4n) is 3.59. The van der Waals surface area contributed by atoms with E-state index in [1.54, 1.807) is 0 Å². The van der Waals surface area contributed by atoms with Crippen LogP contribution in [0.15, 0.2) is 54.6 Å². The average Bonchev–Trinajstić information content (AvgIpc) is 3.09. The molecule has 0 unspecified atom stereocenters. The van der Waals surface area contributed by atoms with Gasteiger partial charge in [0, 0.05) is 5.69 Å². The van der Waals surface area contributed by atoms with Gasteiger partial charge in [-0.25, -0.2) is 4.98 Å². The van der Waals surface area contributed by atoms with Gasteiger partial charge in [0.05, 0.1) is 22.4 Å². The SMILES string of the molecule is Cc1cccc(-n2c3ccccc3n3c4c(nc23)CCC=C4)c1. The van der Waals surface area contributed by atoms with Crippen LogP contribution >= 0.6 is 0 Å². The Morgan fingerprint density at radius 2 is 1.87 bits per heavy atom. The van der Waals surface area contributed by atoms with Gasteiger partial charge in [-0.3, -0.25) is 8.97 Å². The fourth-order valence-corrected chi connectivity index (χ4v) is 3.59. The van der Waals surface area contributed by atoms with Crippen molar-refractivity contribution in [3.05, 3.63) is 71.6 Å². The van der Waals surface area contributed by atoms with Crippen molar-refractivity contribution < 1.29 is 0 Å². The van der Waals surface area contributed by atoms with Gasteiger partial charge in [-0.05, 0) is 55.7 Å². The van der Waals surface area contributed by atoms with Crippen LogP contribution in [-0.2, 0) is 6.42 Å². The number of nitrogens with zero attached hydrogens (tertiary/aromatic N) is 3. The minimum Gasteiger partial charge on any atom is -0.278 e. The third-order valence-electron chi connectivity index (χ3n) is 4.62. The van der Waals surface area contributed by atoms with Crippen LogP contribution in [0.3, 0.4) is 0 Å². The van der Waals surface area contributed by atoms with Gasteiger partial charge < -0.3 is 0 Å². The summed E-state index contributed by atoms with van der Waals surface area (Å²) in [5.74, 6) is 1.01. The van der Waals surface area contributed by atoms with Crippen molar-refractivity contribution in [1.82, 2.24) is 14.0 Å². The Kier molecular flexibility index (Phi) is 2.54. The molecule has 0 fully saturated rings. The Morgan fingerprint density at radius 3 is 2.74 bits per heavy atom. The molecule has 0 aliphatic heterocycles. The number of aryl methyl sites for hydroxylation is 2. The van der Waals surface area contributed by atoms with Crippen LogP contribution in [0, 0.1) is 6.92 Å². The molecule has 0 amide bonds. The van der Waals surface area contributed by atoms with Crippen LogP contribution in [0.4, 0.5) is 0 Å². The summed E-state index contributed by atoms with van der Waals surface area (Å²) in [6.07, 6.45) is 6.56. The van der Waals surface area contributed by atoms with Gasteiger partial charge in [-0.1, -0.05) is 30.3 Å². The molecule has 0 saturated carbocycles. The molecule has 2 heterocycles. The summed E-state index contributed by atoms with van der Waals surface area (Å²) in [5.41, 5.74) is 7.27. The van der Waals surface area contributed by atoms with Gasteiger partial charge in [0.15, 0.2) is 0 Å². The molecule has 2 aromatic heterocycles. The number of imidazole rings is 2. The molecule has 5 rings (SSSR count). The van der Waals surface area contributed by atoms with E-state index < -0.39 is 0 Å². The van der Waals surface area contributed by atoms with Gasteiger partial charge in [-0.2, -0.15) is 0 Å². The van der Waals surface area contributed by atoms with Crippen molar-refractivity contribution in [2.75, 3.05) is 0 Å². The van der Waals surface area contributed by atoms with Crippen molar-refractivity contribution >= 4 is 22.9 Å². The molecule has 1 aliphatic carbocycles. The molecule has 2 aromatic carbocycles. The lowest BCUT2D eigenvalue weighted by Gasteiger charge is -2.06. The second-order valence-corrected chi connectivity index (χ2v) is 6.18. The third-order valence-corrected chi connectivity index (χ3v) is 4.62. The molecule has 1 aliphatic rings.